The Hall–Kier alpha value is -6.29. The van der Waals surface area contributed by atoms with Crippen LogP contribution < -0.4 is 10.2 Å². The third-order valence-electron chi connectivity index (χ3n) is 10.8. The molecule has 2 aliphatic rings. The molecule has 56 heavy (non-hydrogen) atoms. The zero-order valence-electron chi connectivity index (χ0n) is 32.4. The van der Waals surface area contributed by atoms with Crippen molar-refractivity contribution in [2.45, 2.75) is 63.8 Å². The Labute approximate surface area is 326 Å². The van der Waals surface area contributed by atoms with Gasteiger partial charge in [0.15, 0.2) is 12.3 Å². The van der Waals surface area contributed by atoms with Crippen LogP contribution in [0.25, 0.3) is 21.5 Å². The zero-order chi connectivity index (χ0) is 40.2. The molecule has 10 heteroatoms. The normalized spacial score (nSPS) is 17.0. The molecule has 2 aliphatic heterocycles. The van der Waals surface area contributed by atoms with Gasteiger partial charge < -0.3 is 25.2 Å². The van der Waals surface area contributed by atoms with Gasteiger partial charge in [-0.3, -0.25) is 14.4 Å². The number of amides is 1. The van der Waals surface area contributed by atoms with Crippen molar-refractivity contribution in [3.63, 3.8) is 0 Å². The van der Waals surface area contributed by atoms with Gasteiger partial charge in [0.05, 0.1) is 31.8 Å². The largest absolute Gasteiger partial charge is 0.481 e. The average Bonchev–Trinajstić information content (AvgIpc) is 3.53. The molecule has 0 spiro atoms. The van der Waals surface area contributed by atoms with Gasteiger partial charge in [-0.15, -0.1) is 0 Å². The summed E-state index contributed by atoms with van der Waals surface area (Å²) < 4.78 is 6.71. The number of anilines is 1. The van der Waals surface area contributed by atoms with E-state index in [9.17, 15) is 29.4 Å². The third-order valence-corrected chi connectivity index (χ3v) is 10.8. The van der Waals surface area contributed by atoms with E-state index in [0.717, 1.165) is 49.9 Å². The number of carboxylic acid groups (broad SMARTS) is 2. The number of carbonyl (C=O) groups is 4. The van der Waals surface area contributed by atoms with E-state index < -0.39 is 41.7 Å². The van der Waals surface area contributed by atoms with Crippen LogP contribution in [0.2, 0.25) is 0 Å². The lowest BCUT2D eigenvalue weighted by Gasteiger charge is -2.26. The molecule has 288 valence electrons. The molecule has 1 atom stereocenters. The van der Waals surface area contributed by atoms with E-state index in [1.807, 2.05) is 60.7 Å². The molecule has 4 aromatic carbocycles. The van der Waals surface area contributed by atoms with Crippen molar-refractivity contribution in [3.05, 3.63) is 132 Å². The Bertz CT molecular complexity index is 2380. The number of esters is 1. The first-order valence-corrected chi connectivity index (χ1v) is 18.8. The van der Waals surface area contributed by atoms with Crippen molar-refractivity contribution in [2.24, 2.45) is 0 Å². The third kappa shape index (κ3) is 7.77. The Morgan fingerprint density at radius 1 is 0.786 bits per heavy atom. The minimum absolute atomic E-state index is 0.00260. The summed E-state index contributed by atoms with van der Waals surface area (Å²) in [6, 6.07) is 23.4. The van der Waals surface area contributed by atoms with E-state index in [0.29, 0.717) is 6.54 Å². The summed E-state index contributed by atoms with van der Waals surface area (Å²) in [6.45, 7) is 9.33. The minimum atomic E-state index is -1.39. The van der Waals surface area contributed by atoms with E-state index in [1.54, 1.807) is 0 Å². The van der Waals surface area contributed by atoms with Crippen molar-refractivity contribution >= 4 is 62.4 Å². The van der Waals surface area contributed by atoms with Gasteiger partial charge in [-0.1, -0.05) is 98.8 Å². The molecule has 4 aromatic rings. The number of hydrogen-bond donors (Lipinski definition) is 3. The Kier molecular flexibility index (Phi) is 11.4. The summed E-state index contributed by atoms with van der Waals surface area (Å²) in [6.07, 6.45) is 13.4. The second-order valence-electron chi connectivity index (χ2n) is 15.1. The maximum Gasteiger partial charge on any atom is 0.326 e. The van der Waals surface area contributed by atoms with Crippen LogP contribution in [0.3, 0.4) is 0 Å². The van der Waals surface area contributed by atoms with Crippen LogP contribution in [-0.4, -0.2) is 70.6 Å². The Morgan fingerprint density at radius 2 is 1.41 bits per heavy atom. The maximum atomic E-state index is 13.0. The fraction of sp³-hybridized carbons (Fsp3) is 0.283. The summed E-state index contributed by atoms with van der Waals surface area (Å²) >= 11 is 0. The predicted molar refractivity (Wildman–Crippen MR) is 220 cm³/mol. The van der Waals surface area contributed by atoms with Crippen molar-refractivity contribution in [1.29, 1.82) is 0 Å². The number of hydrogen-bond acceptors (Lipinski definition) is 6. The van der Waals surface area contributed by atoms with Gasteiger partial charge >= 0.3 is 17.9 Å². The van der Waals surface area contributed by atoms with Gasteiger partial charge in [-0.25, -0.2) is 4.79 Å². The molecule has 2 heterocycles. The highest BCUT2D eigenvalue weighted by Gasteiger charge is 2.46. The molecule has 0 saturated carbocycles. The molecule has 0 bridgehead atoms. The highest BCUT2D eigenvalue weighted by atomic mass is 16.5. The first-order valence-electron chi connectivity index (χ1n) is 18.8. The second kappa shape index (κ2) is 16.2. The van der Waals surface area contributed by atoms with Crippen molar-refractivity contribution in [1.82, 2.24) is 5.32 Å². The number of fused-ring (bicyclic) bond motifs is 6. The molecule has 0 aromatic heterocycles. The molecular formula is C46H48N3O7+. The first kappa shape index (κ1) is 39.4. The van der Waals surface area contributed by atoms with Crippen LogP contribution in [0.5, 0.6) is 0 Å². The van der Waals surface area contributed by atoms with Crippen molar-refractivity contribution in [2.75, 3.05) is 25.1 Å². The van der Waals surface area contributed by atoms with Crippen LogP contribution in [0.1, 0.15) is 58.1 Å². The fourth-order valence-corrected chi connectivity index (χ4v) is 8.18. The number of carbonyl (C=O) groups excluding carboxylic acids is 2. The quantitative estimate of drug-likeness (QED) is 0.0677. The van der Waals surface area contributed by atoms with Gasteiger partial charge in [0.1, 0.15) is 6.04 Å². The maximum absolute atomic E-state index is 13.0. The number of aliphatic carboxylic acids is 2. The van der Waals surface area contributed by atoms with Crippen molar-refractivity contribution in [3.8, 4) is 0 Å². The van der Waals surface area contributed by atoms with Crippen LogP contribution in [0.15, 0.2) is 121 Å². The van der Waals surface area contributed by atoms with E-state index >= 15 is 0 Å². The summed E-state index contributed by atoms with van der Waals surface area (Å²) in [5, 5.41) is 26.1. The zero-order valence-corrected chi connectivity index (χ0v) is 32.4. The molecule has 0 aliphatic carbocycles. The number of nitrogens with zero attached hydrogens (tertiary/aromatic N) is 2. The van der Waals surface area contributed by atoms with Gasteiger partial charge in [0, 0.05) is 41.1 Å². The van der Waals surface area contributed by atoms with E-state index in [2.05, 4.69) is 102 Å². The highest BCUT2D eigenvalue weighted by Crippen LogP contribution is 2.51. The Balaban J connectivity index is 1.26. The summed E-state index contributed by atoms with van der Waals surface area (Å²) in [4.78, 5) is 50.3. The van der Waals surface area contributed by atoms with Crippen LogP contribution in [-0.2, 0) is 34.7 Å². The lowest BCUT2D eigenvalue weighted by molar-refractivity contribution is -0.436. The lowest BCUT2D eigenvalue weighted by atomic mass is 9.79. The smallest absolute Gasteiger partial charge is 0.326 e. The first-order chi connectivity index (χ1) is 26.7. The Morgan fingerprint density at radius 3 is 2.07 bits per heavy atom. The molecule has 1 amide bonds. The van der Waals surface area contributed by atoms with E-state index in [1.165, 1.54) is 12.7 Å². The highest BCUT2D eigenvalue weighted by molar-refractivity contribution is 6.07. The standard InChI is InChI=1S/C46H47N3O7/c1-45(2)37(48(35-23-21-30-15-11-13-17-32(30)42(35)45)27-25-39(50)47-34(44(54)55)29-41(53)56-5)19-9-7-6-8-10-20-38-46(3,4)43-33-18-14-12-16-31(33)22-24-36(43)49(38)28-26-40(51)52/h6-24,34H,25-29H2,1-5H3,(H2-,47,50,51,52,54,55)/p+1. The van der Waals surface area contributed by atoms with Crippen molar-refractivity contribution < 1.29 is 38.7 Å². The minimum Gasteiger partial charge on any atom is -0.481 e. The number of allylic oxidation sites excluding steroid dienone is 8. The number of rotatable bonds is 14. The molecule has 0 saturated heterocycles. The molecule has 0 fully saturated rings. The molecular weight excluding hydrogens is 707 g/mol. The topological polar surface area (TPSA) is 136 Å². The molecule has 10 nitrogen and oxygen atoms in total. The summed E-state index contributed by atoms with van der Waals surface area (Å²) in [5.41, 5.74) is 5.54. The summed E-state index contributed by atoms with van der Waals surface area (Å²) in [7, 11) is 1.17. The molecule has 3 N–H and O–H groups in total. The van der Waals surface area contributed by atoms with Gasteiger partial charge in [0.2, 0.25) is 11.6 Å². The molecule has 0 radical (unpaired) electrons. The van der Waals surface area contributed by atoms with Gasteiger partial charge in [-0.2, -0.15) is 4.58 Å². The second-order valence-corrected chi connectivity index (χ2v) is 15.1. The lowest BCUT2D eigenvalue weighted by Crippen LogP contribution is -2.43. The number of nitrogens with one attached hydrogen (secondary N) is 1. The van der Waals surface area contributed by atoms with E-state index in [-0.39, 0.29) is 24.8 Å². The number of methoxy groups -OCH3 is 1. The monoisotopic (exact) mass is 754 g/mol. The van der Waals surface area contributed by atoms with E-state index in [4.69, 9.17) is 0 Å². The van der Waals surface area contributed by atoms with Crippen LogP contribution in [0, 0.1) is 0 Å². The van der Waals surface area contributed by atoms with Crippen LogP contribution in [0.4, 0.5) is 11.4 Å². The average molecular weight is 755 g/mol. The SMILES string of the molecule is COC(=O)CC(NC(=O)CC[N+]1=C(/C=C/C=C/C=C/C=C2/N(CCC(=O)O)c3ccc4ccccc4c3C2(C)C)C(C)(C)c2c1ccc1ccccc21)C(=O)O. The molecule has 6 rings (SSSR count). The molecule has 1 unspecified atom stereocenters. The number of benzene rings is 4. The fourth-order valence-electron chi connectivity index (χ4n) is 8.18. The number of ether oxygens (including phenoxy) is 1. The number of carboxylic acids is 2. The van der Waals surface area contributed by atoms with Gasteiger partial charge in [-0.05, 0) is 59.2 Å². The predicted octanol–water partition coefficient (Wildman–Crippen LogP) is 7.72. The van der Waals surface area contributed by atoms with Gasteiger partial charge in [0.25, 0.3) is 0 Å². The summed E-state index contributed by atoms with van der Waals surface area (Å²) in [5.74, 6) is -3.36. The van der Waals surface area contributed by atoms with Crippen LogP contribution >= 0.6 is 0 Å².